The molecule has 0 bridgehead atoms. The van der Waals surface area contributed by atoms with Gasteiger partial charge in [0.1, 0.15) is 40.1 Å². The molecule has 0 aromatic heterocycles. The molecule has 1 nitrogen and oxygen atoms in total. The van der Waals surface area contributed by atoms with E-state index < -0.39 is 52.4 Å². The maximum Gasteiger partial charge on any atom is 0.432 e. The number of benzene rings is 2. The topological polar surface area (TPSA) is 9.23 Å². The van der Waals surface area contributed by atoms with Gasteiger partial charge in [0, 0.05) is 12.1 Å². The predicted octanol–water partition coefficient (Wildman–Crippen LogP) is 8.07. The van der Waals surface area contributed by atoms with Gasteiger partial charge in [-0.25, -0.2) is 17.6 Å². The van der Waals surface area contributed by atoms with Crippen molar-refractivity contribution in [3.8, 4) is 5.75 Å². The first-order valence-corrected chi connectivity index (χ1v) is 9.96. The van der Waals surface area contributed by atoms with Crippen molar-refractivity contribution in [1.29, 1.82) is 0 Å². The first kappa shape index (κ1) is 24.3. The molecule has 3 rings (SSSR count). The number of halogens is 9. The monoisotopic (exact) mass is 470 g/mol. The van der Waals surface area contributed by atoms with Gasteiger partial charge in [-0.15, -0.1) is 0 Å². The molecule has 176 valence electrons. The van der Waals surface area contributed by atoms with Crippen LogP contribution in [0.25, 0.3) is 0 Å². The Morgan fingerprint density at radius 3 is 1.66 bits per heavy atom. The number of hydrogen-bond acceptors (Lipinski definition) is 1. The fraction of sp³-hybridized carbons (Fsp3) is 0.455. The molecule has 0 radical (unpaired) electrons. The van der Waals surface area contributed by atoms with E-state index in [9.17, 15) is 39.5 Å². The van der Waals surface area contributed by atoms with Gasteiger partial charge in [0.25, 0.3) is 0 Å². The van der Waals surface area contributed by atoms with Gasteiger partial charge in [-0.1, -0.05) is 13.3 Å². The summed E-state index contributed by atoms with van der Waals surface area (Å²) in [6.45, 7) is 2.04. The fourth-order valence-corrected chi connectivity index (χ4v) is 4.09. The largest absolute Gasteiger partial charge is 0.432 e. The van der Waals surface area contributed by atoms with Gasteiger partial charge in [-0.3, -0.25) is 0 Å². The van der Waals surface area contributed by atoms with E-state index in [2.05, 4.69) is 4.74 Å². The molecule has 0 aliphatic heterocycles. The van der Waals surface area contributed by atoms with Gasteiger partial charge < -0.3 is 4.74 Å². The van der Waals surface area contributed by atoms with Gasteiger partial charge >= 0.3 is 12.3 Å². The highest BCUT2D eigenvalue weighted by atomic mass is 19.4. The summed E-state index contributed by atoms with van der Waals surface area (Å²) in [6.07, 6.45) is -6.21. The van der Waals surface area contributed by atoms with Gasteiger partial charge in [-0.05, 0) is 55.2 Å². The Hall–Kier alpha value is -2.39. The summed E-state index contributed by atoms with van der Waals surface area (Å²) in [5, 5.41) is 0. The van der Waals surface area contributed by atoms with Gasteiger partial charge in [0.05, 0.1) is 0 Å². The van der Waals surface area contributed by atoms with E-state index in [1.165, 1.54) is 0 Å². The third kappa shape index (κ3) is 4.99. The van der Waals surface area contributed by atoms with E-state index in [1.54, 1.807) is 0 Å². The van der Waals surface area contributed by atoms with Gasteiger partial charge in [-0.2, -0.15) is 22.0 Å². The molecule has 1 aliphatic carbocycles. The third-order valence-corrected chi connectivity index (χ3v) is 5.80. The zero-order valence-corrected chi connectivity index (χ0v) is 16.8. The Morgan fingerprint density at radius 2 is 1.22 bits per heavy atom. The highest BCUT2D eigenvalue weighted by molar-refractivity contribution is 5.35. The summed E-state index contributed by atoms with van der Waals surface area (Å²) < 4.78 is 127. The first-order chi connectivity index (χ1) is 14.8. The van der Waals surface area contributed by atoms with Crippen molar-refractivity contribution in [3.05, 3.63) is 64.2 Å². The smallest absolute Gasteiger partial charge is 0.429 e. The summed E-state index contributed by atoms with van der Waals surface area (Å²) in [6, 6.07) is 1.27. The Bertz CT molecular complexity index is 930. The van der Waals surface area contributed by atoms with Crippen LogP contribution in [0.1, 0.15) is 61.6 Å². The number of rotatable bonds is 5. The molecular weight excluding hydrogens is 451 g/mol. The SMILES string of the molecule is CCC1CCC(c2cc(F)c(C(F)(F)Oc3cc(F)c(C(F)(F)F)c(F)c3)c(F)c2)CC1. The van der Waals surface area contributed by atoms with Crippen molar-refractivity contribution in [2.75, 3.05) is 0 Å². The Balaban J connectivity index is 1.87. The number of hydrogen-bond donors (Lipinski definition) is 0. The second kappa shape index (κ2) is 8.86. The van der Waals surface area contributed by atoms with Crippen LogP contribution in [0, 0.1) is 29.2 Å². The van der Waals surface area contributed by atoms with Crippen molar-refractivity contribution in [2.45, 2.75) is 57.2 Å². The highest BCUT2D eigenvalue weighted by Gasteiger charge is 2.43. The van der Waals surface area contributed by atoms with E-state index >= 15 is 0 Å². The maximum atomic E-state index is 14.5. The molecule has 0 N–H and O–H groups in total. The molecule has 1 fully saturated rings. The molecule has 1 saturated carbocycles. The van der Waals surface area contributed by atoms with E-state index in [4.69, 9.17) is 0 Å². The molecule has 0 atom stereocenters. The quantitative estimate of drug-likeness (QED) is 0.402. The average Bonchev–Trinajstić information content (AvgIpc) is 2.65. The Kier molecular flexibility index (Phi) is 6.72. The Morgan fingerprint density at radius 1 is 0.750 bits per heavy atom. The van der Waals surface area contributed by atoms with E-state index in [0.717, 1.165) is 31.4 Å². The standard InChI is InChI=1S/C22H19F9O/c1-2-11-3-5-12(6-4-11)13-7-15(23)20(16(24)8-13)22(30,31)32-14-9-17(25)19(18(26)10-14)21(27,28)29/h7-12H,2-6H2,1H3. The van der Waals surface area contributed by atoms with Crippen LogP contribution in [0.5, 0.6) is 5.75 Å². The van der Waals surface area contributed by atoms with Crippen molar-refractivity contribution in [1.82, 2.24) is 0 Å². The highest BCUT2D eigenvalue weighted by Crippen LogP contribution is 2.42. The number of ether oxygens (including phenoxy) is 1. The lowest BCUT2D eigenvalue weighted by atomic mass is 9.77. The molecule has 0 spiro atoms. The second-order valence-electron chi connectivity index (χ2n) is 7.86. The minimum absolute atomic E-state index is 0.129. The Labute approximate surface area is 178 Å². The van der Waals surface area contributed by atoms with Crippen LogP contribution in [-0.2, 0) is 12.3 Å². The summed E-state index contributed by atoms with van der Waals surface area (Å²) in [7, 11) is 0. The first-order valence-electron chi connectivity index (χ1n) is 9.96. The minimum atomic E-state index is -5.42. The molecule has 0 heterocycles. The van der Waals surface area contributed by atoms with E-state index in [-0.39, 0.29) is 23.6 Å². The lowest BCUT2D eigenvalue weighted by Gasteiger charge is -2.28. The molecule has 0 unspecified atom stereocenters. The van der Waals surface area contributed by atoms with Crippen molar-refractivity contribution in [3.63, 3.8) is 0 Å². The lowest BCUT2D eigenvalue weighted by molar-refractivity contribution is -0.189. The molecule has 0 saturated heterocycles. The predicted molar refractivity (Wildman–Crippen MR) is 97.2 cm³/mol. The van der Waals surface area contributed by atoms with Gasteiger partial charge in [0.2, 0.25) is 0 Å². The van der Waals surface area contributed by atoms with E-state index in [0.29, 0.717) is 18.8 Å². The number of alkyl halides is 5. The third-order valence-electron chi connectivity index (χ3n) is 5.80. The summed E-state index contributed by atoms with van der Waals surface area (Å²) in [5.41, 5.74) is -3.89. The summed E-state index contributed by atoms with van der Waals surface area (Å²) >= 11 is 0. The van der Waals surface area contributed by atoms with Crippen LogP contribution in [0.2, 0.25) is 0 Å². The summed E-state index contributed by atoms with van der Waals surface area (Å²) in [4.78, 5) is 0. The molecule has 2 aromatic rings. The van der Waals surface area contributed by atoms with Crippen molar-refractivity contribution < 1.29 is 44.3 Å². The van der Waals surface area contributed by atoms with Crippen molar-refractivity contribution >= 4 is 0 Å². The zero-order chi connectivity index (χ0) is 23.8. The molecule has 10 heteroatoms. The van der Waals surface area contributed by atoms with Crippen molar-refractivity contribution in [2.24, 2.45) is 5.92 Å². The molecule has 1 aliphatic rings. The normalized spacial score (nSPS) is 19.8. The molecule has 32 heavy (non-hydrogen) atoms. The van der Waals surface area contributed by atoms with Crippen LogP contribution in [0.4, 0.5) is 39.5 Å². The summed E-state index contributed by atoms with van der Waals surface area (Å²) in [5.74, 6) is -8.74. The minimum Gasteiger partial charge on any atom is -0.429 e. The molecule has 2 aromatic carbocycles. The van der Waals surface area contributed by atoms with E-state index in [1.807, 2.05) is 6.92 Å². The molecule has 0 amide bonds. The van der Waals surface area contributed by atoms with Crippen LogP contribution in [0.15, 0.2) is 24.3 Å². The van der Waals surface area contributed by atoms with Crippen LogP contribution < -0.4 is 4.74 Å². The second-order valence-corrected chi connectivity index (χ2v) is 7.86. The van der Waals surface area contributed by atoms with Crippen LogP contribution >= 0.6 is 0 Å². The van der Waals surface area contributed by atoms with Crippen LogP contribution in [0.3, 0.4) is 0 Å². The molecular formula is C22H19F9O. The van der Waals surface area contributed by atoms with Gasteiger partial charge in [0.15, 0.2) is 0 Å². The lowest BCUT2D eigenvalue weighted by Crippen LogP contribution is -2.26. The fourth-order valence-electron chi connectivity index (χ4n) is 4.09. The average molecular weight is 470 g/mol. The zero-order valence-electron chi connectivity index (χ0n) is 16.8. The van der Waals surface area contributed by atoms with Crippen LogP contribution in [-0.4, -0.2) is 0 Å². The maximum absolute atomic E-state index is 14.5.